The number of pyridine rings is 1. The fraction of sp³-hybridized carbons (Fsp3) is 0.0889. The van der Waals surface area contributed by atoms with Crippen molar-refractivity contribution in [3.05, 3.63) is 164 Å². The number of ether oxygens (including phenoxy) is 1. The van der Waals surface area contributed by atoms with Crippen molar-refractivity contribution in [2.75, 3.05) is 16.5 Å². The fourth-order valence-corrected chi connectivity index (χ4v) is 7.33. The summed E-state index contributed by atoms with van der Waals surface area (Å²) in [6.45, 7) is 5.28. The molecule has 0 saturated heterocycles. The molecule has 0 unspecified atom stereocenters. The largest absolute Gasteiger partial charge is 0.457 e. The molecule has 0 aliphatic carbocycles. The topological polar surface area (TPSA) is 33.5 Å². The highest BCUT2D eigenvalue weighted by Gasteiger charge is 2.28. The Morgan fingerprint density at radius 1 is 0.560 bits per heavy atom. The molecule has 0 N–H and O–H groups in total. The van der Waals surface area contributed by atoms with Gasteiger partial charge in [0.1, 0.15) is 17.3 Å². The average molecular weight is 649 g/mol. The molecule has 5 heteroatoms. The maximum absolute atomic E-state index is 6.62. The van der Waals surface area contributed by atoms with Crippen molar-refractivity contribution in [1.29, 1.82) is 0 Å². The molecule has 1 aliphatic rings. The van der Waals surface area contributed by atoms with Crippen LogP contribution >= 0.6 is 0 Å². The predicted octanol–water partition coefficient (Wildman–Crippen LogP) is 11.6. The van der Waals surface area contributed by atoms with Gasteiger partial charge in [-0.2, -0.15) is 0 Å². The summed E-state index contributed by atoms with van der Waals surface area (Å²) in [6, 6.07) is 55.7. The Bertz CT molecular complexity index is 2500. The molecule has 0 bridgehead atoms. The molecule has 5 nitrogen and oxygen atoms in total. The predicted molar refractivity (Wildman–Crippen MR) is 207 cm³/mol. The summed E-state index contributed by atoms with van der Waals surface area (Å²) in [5, 5.41) is 2.33. The Hall–Kier alpha value is -6.33. The normalized spacial score (nSPS) is 12.6. The maximum Gasteiger partial charge on any atom is 0.138 e. The molecule has 6 aromatic carbocycles. The van der Waals surface area contributed by atoms with E-state index >= 15 is 0 Å². The van der Waals surface area contributed by atoms with E-state index in [-0.39, 0.29) is 0 Å². The first-order valence-electron chi connectivity index (χ1n) is 17.2. The third-order valence-electron chi connectivity index (χ3n) is 9.71. The molecule has 0 spiro atoms. The van der Waals surface area contributed by atoms with Gasteiger partial charge in [0, 0.05) is 40.8 Å². The molecule has 242 valence electrons. The van der Waals surface area contributed by atoms with Gasteiger partial charge in [-0.3, -0.25) is 4.57 Å². The first-order valence-corrected chi connectivity index (χ1v) is 17.2. The van der Waals surface area contributed by atoms with E-state index in [9.17, 15) is 0 Å². The second kappa shape index (κ2) is 12.3. The van der Waals surface area contributed by atoms with Crippen LogP contribution in [0.25, 0.3) is 49.9 Å². The first-order chi connectivity index (χ1) is 24.6. The van der Waals surface area contributed by atoms with Crippen LogP contribution in [0.4, 0.5) is 17.1 Å². The van der Waals surface area contributed by atoms with Gasteiger partial charge in [-0.05, 0) is 90.7 Å². The van der Waals surface area contributed by atoms with E-state index in [0.717, 1.165) is 51.7 Å². The van der Waals surface area contributed by atoms with Crippen LogP contribution in [0.5, 0.6) is 11.5 Å². The summed E-state index contributed by atoms with van der Waals surface area (Å²) in [4.78, 5) is 9.72. The standard InChI is InChI=1S/C45H36N4O/c1-31(2)47-30-48(43-22-11-10-21-42(43)47)34-15-12-16-35(28-34)50-36-23-24-40-39-19-8-9-20-41(39)49(44(40)29-36)45-27-33(25-26-46-45)38-18-7-6-17-37(38)32-13-4-3-5-14-32/h3-29,31H,30H2,1-2H3. The van der Waals surface area contributed by atoms with Gasteiger partial charge in [-0.1, -0.05) is 91.0 Å². The summed E-state index contributed by atoms with van der Waals surface area (Å²) in [5.41, 5.74) is 10.4. The number of nitrogens with zero attached hydrogens (tertiary/aromatic N) is 4. The second-order valence-corrected chi connectivity index (χ2v) is 13.1. The van der Waals surface area contributed by atoms with Gasteiger partial charge >= 0.3 is 0 Å². The van der Waals surface area contributed by atoms with Crippen LogP contribution in [-0.4, -0.2) is 22.3 Å². The van der Waals surface area contributed by atoms with Gasteiger partial charge in [0.25, 0.3) is 0 Å². The van der Waals surface area contributed by atoms with E-state index in [4.69, 9.17) is 9.72 Å². The van der Waals surface area contributed by atoms with Gasteiger partial charge in [0.2, 0.25) is 0 Å². The summed E-state index contributed by atoms with van der Waals surface area (Å²) in [7, 11) is 0. The lowest BCUT2D eigenvalue weighted by atomic mass is 9.95. The summed E-state index contributed by atoms with van der Waals surface area (Å²) in [5.74, 6) is 2.43. The van der Waals surface area contributed by atoms with E-state index in [2.05, 4.69) is 180 Å². The Kier molecular flexibility index (Phi) is 7.32. The molecule has 2 aromatic heterocycles. The minimum Gasteiger partial charge on any atom is -0.457 e. The van der Waals surface area contributed by atoms with Crippen molar-refractivity contribution in [3.8, 4) is 39.6 Å². The van der Waals surface area contributed by atoms with Gasteiger partial charge in [0.05, 0.1) is 29.1 Å². The van der Waals surface area contributed by atoms with Crippen LogP contribution in [0.3, 0.4) is 0 Å². The van der Waals surface area contributed by atoms with Crippen molar-refractivity contribution < 1.29 is 4.74 Å². The van der Waals surface area contributed by atoms with Crippen molar-refractivity contribution in [1.82, 2.24) is 9.55 Å². The first kappa shape index (κ1) is 29.8. The van der Waals surface area contributed by atoms with Crippen molar-refractivity contribution >= 4 is 38.9 Å². The molecular weight excluding hydrogens is 613 g/mol. The number of hydrogen-bond acceptors (Lipinski definition) is 4. The van der Waals surface area contributed by atoms with Crippen molar-refractivity contribution in [2.45, 2.75) is 19.9 Å². The Morgan fingerprint density at radius 2 is 1.26 bits per heavy atom. The number of hydrogen-bond donors (Lipinski definition) is 0. The lowest BCUT2D eigenvalue weighted by molar-refractivity contribution is 0.483. The summed E-state index contributed by atoms with van der Waals surface area (Å²) < 4.78 is 8.87. The molecule has 0 saturated carbocycles. The second-order valence-electron chi connectivity index (χ2n) is 13.1. The average Bonchev–Trinajstić information content (AvgIpc) is 3.72. The zero-order chi connectivity index (χ0) is 33.6. The van der Waals surface area contributed by atoms with Crippen LogP contribution < -0.4 is 14.5 Å². The zero-order valence-corrected chi connectivity index (χ0v) is 28.1. The van der Waals surface area contributed by atoms with Crippen LogP contribution in [0.2, 0.25) is 0 Å². The number of fused-ring (bicyclic) bond motifs is 4. The summed E-state index contributed by atoms with van der Waals surface area (Å²) >= 11 is 0. The number of aromatic nitrogens is 2. The third kappa shape index (κ3) is 5.15. The van der Waals surface area contributed by atoms with E-state index in [1.165, 1.54) is 33.5 Å². The number of anilines is 3. The maximum atomic E-state index is 6.62. The van der Waals surface area contributed by atoms with E-state index in [1.807, 2.05) is 12.3 Å². The smallest absolute Gasteiger partial charge is 0.138 e. The molecule has 9 rings (SSSR count). The zero-order valence-electron chi connectivity index (χ0n) is 28.1. The monoisotopic (exact) mass is 648 g/mol. The molecule has 0 fully saturated rings. The van der Waals surface area contributed by atoms with Crippen molar-refractivity contribution in [3.63, 3.8) is 0 Å². The van der Waals surface area contributed by atoms with Crippen LogP contribution in [-0.2, 0) is 0 Å². The lowest BCUT2D eigenvalue weighted by Crippen LogP contribution is -2.33. The number of rotatable bonds is 7. The highest BCUT2D eigenvalue weighted by molar-refractivity contribution is 6.09. The highest BCUT2D eigenvalue weighted by Crippen LogP contribution is 2.43. The third-order valence-corrected chi connectivity index (χ3v) is 9.71. The van der Waals surface area contributed by atoms with Gasteiger partial charge in [-0.25, -0.2) is 4.98 Å². The molecular formula is C45H36N4O. The minimum atomic E-state index is 0.396. The van der Waals surface area contributed by atoms with Gasteiger partial charge in [-0.15, -0.1) is 0 Å². The van der Waals surface area contributed by atoms with Crippen LogP contribution in [0, 0.1) is 0 Å². The Balaban J connectivity index is 1.10. The fourth-order valence-electron chi connectivity index (χ4n) is 7.33. The molecule has 3 heterocycles. The molecule has 50 heavy (non-hydrogen) atoms. The molecule has 0 amide bonds. The van der Waals surface area contributed by atoms with Crippen LogP contribution in [0.15, 0.2) is 164 Å². The quantitative estimate of drug-likeness (QED) is 0.172. The molecule has 8 aromatic rings. The summed E-state index contributed by atoms with van der Waals surface area (Å²) in [6.07, 6.45) is 1.91. The van der Waals surface area contributed by atoms with E-state index in [1.54, 1.807) is 0 Å². The molecule has 0 atom stereocenters. The molecule has 1 aliphatic heterocycles. The van der Waals surface area contributed by atoms with Gasteiger partial charge in [0.15, 0.2) is 0 Å². The van der Waals surface area contributed by atoms with E-state index < -0.39 is 0 Å². The Labute approximate surface area is 292 Å². The van der Waals surface area contributed by atoms with Crippen molar-refractivity contribution in [2.24, 2.45) is 0 Å². The number of benzene rings is 6. The SMILES string of the molecule is CC(C)N1CN(c2cccc(Oc3ccc4c5ccccc5n(-c5cc(-c6ccccc6-c6ccccc6)ccn5)c4c3)c2)c2ccccc21. The lowest BCUT2D eigenvalue weighted by Gasteiger charge is -2.25. The highest BCUT2D eigenvalue weighted by atomic mass is 16.5. The Morgan fingerprint density at radius 3 is 2.10 bits per heavy atom. The van der Waals surface area contributed by atoms with E-state index in [0.29, 0.717) is 6.04 Å². The van der Waals surface area contributed by atoms with Gasteiger partial charge < -0.3 is 14.5 Å². The minimum absolute atomic E-state index is 0.396. The molecule has 0 radical (unpaired) electrons. The van der Waals surface area contributed by atoms with Crippen LogP contribution in [0.1, 0.15) is 13.8 Å². The number of para-hydroxylation sites is 3.